The van der Waals surface area contributed by atoms with E-state index in [2.05, 4.69) is 33.9 Å². The number of carbonyl (C=O) groups excluding carboxylic acids is 2. The molecular formula is C28H44N6O4. The molecule has 10 nitrogen and oxygen atoms in total. The Morgan fingerprint density at radius 3 is 1.37 bits per heavy atom. The molecule has 210 valence electrons. The zero-order valence-electron chi connectivity index (χ0n) is 23.9. The van der Waals surface area contributed by atoms with Crippen LogP contribution in [0.15, 0.2) is 36.7 Å². The van der Waals surface area contributed by atoms with Crippen molar-refractivity contribution in [1.29, 1.82) is 0 Å². The van der Waals surface area contributed by atoms with Gasteiger partial charge in [-0.25, -0.2) is 9.59 Å². The van der Waals surface area contributed by atoms with Gasteiger partial charge in [0.05, 0.1) is 11.4 Å². The van der Waals surface area contributed by atoms with Crippen LogP contribution in [0.2, 0.25) is 0 Å². The Hall–Kier alpha value is -3.24. The maximum absolute atomic E-state index is 11.9. The van der Waals surface area contributed by atoms with Gasteiger partial charge in [-0.1, -0.05) is 25.7 Å². The van der Waals surface area contributed by atoms with Crippen LogP contribution in [0.4, 0.5) is 9.59 Å². The van der Waals surface area contributed by atoms with Gasteiger partial charge in [0.2, 0.25) is 0 Å². The van der Waals surface area contributed by atoms with Gasteiger partial charge >= 0.3 is 12.2 Å². The zero-order chi connectivity index (χ0) is 27.9. The predicted molar refractivity (Wildman–Crippen MR) is 148 cm³/mol. The molecule has 0 aliphatic rings. The second-order valence-corrected chi connectivity index (χ2v) is 10.0. The highest BCUT2D eigenvalue weighted by molar-refractivity contribution is 5.70. The molecule has 0 spiro atoms. The fourth-order valence-corrected chi connectivity index (χ4v) is 3.78. The SMILES string of the molecule is CN(CCCCCCCCN(C)Cc1ncccc1OC(=O)N(C)C)Cc1ncccc1OC(=O)N(C)C. The highest BCUT2D eigenvalue weighted by Gasteiger charge is 2.14. The Morgan fingerprint density at radius 1 is 0.632 bits per heavy atom. The summed E-state index contributed by atoms with van der Waals surface area (Å²) in [5.74, 6) is 1.02. The van der Waals surface area contributed by atoms with E-state index in [9.17, 15) is 9.59 Å². The molecule has 2 aromatic heterocycles. The summed E-state index contributed by atoms with van der Waals surface area (Å²) in [5.41, 5.74) is 1.53. The van der Waals surface area contributed by atoms with Crippen molar-refractivity contribution in [1.82, 2.24) is 29.6 Å². The van der Waals surface area contributed by atoms with E-state index < -0.39 is 12.2 Å². The molecule has 10 heteroatoms. The lowest BCUT2D eigenvalue weighted by Crippen LogP contribution is -2.26. The number of pyridine rings is 2. The van der Waals surface area contributed by atoms with Crippen molar-refractivity contribution < 1.29 is 19.1 Å². The van der Waals surface area contributed by atoms with Crippen LogP contribution in [0, 0.1) is 0 Å². The summed E-state index contributed by atoms with van der Waals surface area (Å²) < 4.78 is 10.9. The van der Waals surface area contributed by atoms with Gasteiger partial charge in [0.1, 0.15) is 0 Å². The lowest BCUT2D eigenvalue weighted by atomic mass is 10.1. The Kier molecular flexibility index (Phi) is 13.5. The van der Waals surface area contributed by atoms with E-state index in [-0.39, 0.29) is 0 Å². The molecule has 0 saturated heterocycles. The molecule has 0 atom stereocenters. The molecule has 2 amide bonds. The Labute approximate surface area is 227 Å². The van der Waals surface area contributed by atoms with Crippen molar-refractivity contribution >= 4 is 12.2 Å². The molecule has 2 heterocycles. The summed E-state index contributed by atoms with van der Waals surface area (Å²) in [5, 5.41) is 0. The Morgan fingerprint density at radius 2 is 1.00 bits per heavy atom. The largest absolute Gasteiger partial charge is 0.414 e. The third-order valence-electron chi connectivity index (χ3n) is 5.99. The van der Waals surface area contributed by atoms with Crippen LogP contribution in [0.25, 0.3) is 0 Å². The highest BCUT2D eigenvalue weighted by Crippen LogP contribution is 2.19. The van der Waals surface area contributed by atoms with Crippen molar-refractivity contribution in [3.05, 3.63) is 48.0 Å². The van der Waals surface area contributed by atoms with Crippen molar-refractivity contribution in [2.24, 2.45) is 0 Å². The van der Waals surface area contributed by atoms with Gasteiger partial charge in [-0.2, -0.15) is 0 Å². The number of carbonyl (C=O) groups is 2. The zero-order valence-corrected chi connectivity index (χ0v) is 23.9. The van der Waals surface area contributed by atoms with E-state index in [1.54, 1.807) is 64.8 Å². The number of ether oxygens (including phenoxy) is 2. The number of amides is 2. The maximum Gasteiger partial charge on any atom is 0.414 e. The molecule has 0 radical (unpaired) electrons. The molecule has 0 aliphatic carbocycles. The Bertz CT molecular complexity index is 921. The molecule has 0 fully saturated rings. The van der Waals surface area contributed by atoms with Gasteiger partial charge in [-0.3, -0.25) is 9.97 Å². The lowest BCUT2D eigenvalue weighted by molar-refractivity contribution is 0.169. The summed E-state index contributed by atoms with van der Waals surface area (Å²) >= 11 is 0. The van der Waals surface area contributed by atoms with Crippen LogP contribution >= 0.6 is 0 Å². The molecule has 38 heavy (non-hydrogen) atoms. The van der Waals surface area contributed by atoms with E-state index in [0.717, 1.165) is 37.3 Å². The van der Waals surface area contributed by atoms with Crippen molar-refractivity contribution in [3.8, 4) is 11.5 Å². The number of hydrogen-bond donors (Lipinski definition) is 0. The number of rotatable bonds is 15. The van der Waals surface area contributed by atoms with Gasteiger partial charge in [0.25, 0.3) is 0 Å². The van der Waals surface area contributed by atoms with Crippen molar-refractivity contribution in [2.75, 3.05) is 55.4 Å². The first-order valence-corrected chi connectivity index (χ1v) is 13.2. The van der Waals surface area contributed by atoms with Gasteiger partial charge in [0, 0.05) is 53.7 Å². The first-order valence-electron chi connectivity index (χ1n) is 13.2. The van der Waals surface area contributed by atoms with Gasteiger partial charge in [0.15, 0.2) is 11.5 Å². The number of hydrogen-bond acceptors (Lipinski definition) is 8. The third kappa shape index (κ3) is 11.4. The quantitative estimate of drug-likeness (QED) is 0.312. The summed E-state index contributed by atoms with van der Waals surface area (Å²) in [6, 6.07) is 7.12. The average molecular weight is 529 g/mol. The minimum Gasteiger partial charge on any atom is -0.408 e. The fraction of sp³-hybridized carbons (Fsp3) is 0.571. The lowest BCUT2D eigenvalue weighted by Gasteiger charge is -2.19. The van der Waals surface area contributed by atoms with Gasteiger partial charge < -0.3 is 29.1 Å². The third-order valence-corrected chi connectivity index (χ3v) is 5.99. The summed E-state index contributed by atoms with van der Waals surface area (Å²) in [6.07, 6.45) is 9.65. The summed E-state index contributed by atoms with van der Waals surface area (Å²) in [7, 11) is 10.8. The maximum atomic E-state index is 11.9. The van der Waals surface area contributed by atoms with Crippen LogP contribution < -0.4 is 9.47 Å². The molecule has 2 aromatic rings. The Balaban J connectivity index is 1.60. The highest BCUT2D eigenvalue weighted by atomic mass is 16.6. The van der Waals surface area contributed by atoms with Crippen LogP contribution in [0.3, 0.4) is 0 Å². The van der Waals surface area contributed by atoms with E-state index in [4.69, 9.17) is 9.47 Å². The molecule has 0 N–H and O–H groups in total. The topological polar surface area (TPSA) is 91.3 Å². The molecule has 0 unspecified atom stereocenters. The van der Waals surface area contributed by atoms with Gasteiger partial charge in [-0.15, -0.1) is 0 Å². The minimum absolute atomic E-state index is 0.403. The predicted octanol–water partition coefficient (Wildman–Crippen LogP) is 4.50. The smallest absolute Gasteiger partial charge is 0.408 e. The first-order chi connectivity index (χ1) is 18.2. The molecule has 0 aliphatic heterocycles. The molecule has 2 rings (SSSR count). The van der Waals surface area contributed by atoms with E-state index >= 15 is 0 Å². The average Bonchev–Trinajstić information content (AvgIpc) is 2.87. The second-order valence-electron chi connectivity index (χ2n) is 10.0. The van der Waals surface area contributed by atoms with Crippen molar-refractivity contribution in [2.45, 2.75) is 51.6 Å². The monoisotopic (exact) mass is 528 g/mol. The first kappa shape index (κ1) is 31.0. The van der Waals surface area contributed by atoms with Crippen LogP contribution in [0.5, 0.6) is 11.5 Å². The van der Waals surface area contributed by atoms with Crippen LogP contribution in [-0.2, 0) is 13.1 Å². The van der Waals surface area contributed by atoms with E-state index in [1.165, 1.54) is 35.5 Å². The van der Waals surface area contributed by atoms with E-state index in [1.807, 2.05) is 0 Å². The van der Waals surface area contributed by atoms with Crippen LogP contribution in [0.1, 0.15) is 49.9 Å². The molecular weight excluding hydrogens is 484 g/mol. The van der Waals surface area contributed by atoms with Crippen molar-refractivity contribution in [3.63, 3.8) is 0 Å². The summed E-state index contributed by atoms with van der Waals surface area (Å²) in [4.78, 5) is 39.8. The minimum atomic E-state index is -0.403. The number of nitrogens with zero attached hydrogens (tertiary/aromatic N) is 6. The molecule has 0 aromatic carbocycles. The normalized spacial score (nSPS) is 11.1. The number of aromatic nitrogens is 2. The molecule has 0 bridgehead atoms. The van der Waals surface area contributed by atoms with Gasteiger partial charge in [-0.05, 0) is 64.3 Å². The van der Waals surface area contributed by atoms with Crippen LogP contribution in [-0.4, -0.2) is 97.1 Å². The fourth-order valence-electron chi connectivity index (χ4n) is 3.78. The second kappa shape index (κ2) is 16.6. The molecule has 0 saturated carbocycles. The summed E-state index contributed by atoms with van der Waals surface area (Å²) in [6.45, 7) is 3.20. The van der Waals surface area contributed by atoms with E-state index in [0.29, 0.717) is 24.6 Å². The standard InChI is InChI=1S/C28H44N6O4/c1-31(2)27(35)37-25-15-13-17-29-23(25)21-33(5)19-11-9-7-8-10-12-20-34(6)22-24-26(16-14-18-30-24)38-28(36)32(3)4/h13-18H,7-12,19-22H2,1-6H3. The number of unbranched alkanes of at least 4 members (excludes halogenated alkanes) is 5.